The molecule has 0 heterocycles. The van der Waals surface area contributed by atoms with Crippen molar-refractivity contribution in [2.45, 2.75) is 65.5 Å². The van der Waals surface area contributed by atoms with Crippen LogP contribution in [0.5, 0.6) is 0 Å². The van der Waals surface area contributed by atoms with Gasteiger partial charge in [0, 0.05) is 13.0 Å². The second kappa shape index (κ2) is 15.3. The number of carbonyl (C=O) groups is 3. The zero-order chi connectivity index (χ0) is 30.7. The van der Waals surface area contributed by atoms with Crippen molar-refractivity contribution in [1.29, 1.82) is 0 Å². The molecule has 0 aromatic heterocycles. The third kappa shape index (κ3) is 9.84. The van der Waals surface area contributed by atoms with E-state index in [4.69, 9.17) is 4.74 Å². The molecule has 0 fully saturated rings. The first-order chi connectivity index (χ1) is 20.0. The number of amides is 2. The zero-order valence-corrected chi connectivity index (χ0v) is 25.4. The fourth-order valence-electron chi connectivity index (χ4n) is 5.04. The molecule has 0 aliphatic carbocycles. The molecule has 42 heavy (non-hydrogen) atoms. The average molecular weight is 573 g/mol. The maximum absolute atomic E-state index is 13.5. The first-order valence-corrected chi connectivity index (χ1v) is 14.5. The number of hydrogen-bond donors (Lipinski definition) is 3. The maximum Gasteiger partial charge on any atom is 0.304 e. The normalized spacial score (nSPS) is 13.5. The molecule has 7 heteroatoms. The van der Waals surface area contributed by atoms with Crippen molar-refractivity contribution >= 4 is 17.8 Å². The van der Waals surface area contributed by atoms with Gasteiger partial charge in [-0.05, 0) is 53.9 Å². The van der Waals surface area contributed by atoms with Crippen molar-refractivity contribution in [2.75, 3.05) is 13.7 Å². The Kier molecular flexibility index (Phi) is 11.9. The van der Waals surface area contributed by atoms with Crippen LogP contribution in [-0.2, 0) is 25.5 Å². The van der Waals surface area contributed by atoms with Gasteiger partial charge >= 0.3 is 5.97 Å². The quantitative estimate of drug-likeness (QED) is 0.216. The Bertz CT molecular complexity index is 1320. The standard InChI is InChI=1S/C35H44N2O5/c1-24-11-9-15-28(21-24)26-19-17-25(18-20-26)12-10-16-29(22-31(38)39)33(40)37-32(35(2,3)4)34(41)36-30(23-42-5)27-13-7-6-8-14-27/h6-9,11,13-15,17-21,29-30,32H,10,12,16,22-23H2,1-5H3,(H,36,41)(H,37,40)(H,38,39)/t29-,30-,32-/m1/s1. The summed E-state index contributed by atoms with van der Waals surface area (Å²) in [7, 11) is 1.57. The molecule has 0 bridgehead atoms. The Morgan fingerprint density at radius 3 is 2.14 bits per heavy atom. The lowest BCUT2D eigenvalue weighted by Gasteiger charge is -2.33. The van der Waals surface area contributed by atoms with Gasteiger partial charge in [-0.15, -0.1) is 0 Å². The summed E-state index contributed by atoms with van der Waals surface area (Å²) >= 11 is 0. The number of methoxy groups -OCH3 is 1. The minimum atomic E-state index is -1.04. The average Bonchev–Trinajstić information content (AvgIpc) is 2.95. The van der Waals surface area contributed by atoms with Gasteiger partial charge in [0.05, 0.1) is 19.1 Å². The second-order valence-corrected chi connectivity index (χ2v) is 12.0. The summed E-state index contributed by atoms with van der Waals surface area (Å²) in [5.41, 5.74) is 4.91. The predicted octanol–water partition coefficient (Wildman–Crippen LogP) is 6.11. The van der Waals surface area contributed by atoms with Gasteiger partial charge < -0.3 is 20.5 Å². The molecule has 7 nitrogen and oxygen atoms in total. The van der Waals surface area contributed by atoms with E-state index in [1.165, 1.54) is 5.56 Å². The largest absolute Gasteiger partial charge is 0.481 e. The highest BCUT2D eigenvalue weighted by Gasteiger charge is 2.36. The van der Waals surface area contributed by atoms with Crippen LogP contribution in [0.25, 0.3) is 11.1 Å². The fraction of sp³-hybridized carbons (Fsp3) is 0.400. The highest BCUT2D eigenvalue weighted by molar-refractivity contribution is 5.90. The van der Waals surface area contributed by atoms with Crippen LogP contribution in [0.1, 0.15) is 62.8 Å². The van der Waals surface area contributed by atoms with Crippen molar-refractivity contribution in [1.82, 2.24) is 10.6 Å². The number of rotatable bonds is 14. The summed E-state index contributed by atoms with van der Waals surface area (Å²) in [6.45, 7) is 7.96. The molecular weight excluding hydrogens is 528 g/mol. The Morgan fingerprint density at radius 1 is 0.857 bits per heavy atom. The lowest BCUT2D eigenvalue weighted by atomic mass is 9.85. The molecule has 0 saturated heterocycles. The van der Waals surface area contributed by atoms with Gasteiger partial charge in [0.25, 0.3) is 0 Å². The molecule has 3 atom stereocenters. The first-order valence-electron chi connectivity index (χ1n) is 14.5. The number of carboxylic acids is 1. The molecular formula is C35H44N2O5. The molecule has 0 radical (unpaired) electrons. The molecule has 3 N–H and O–H groups in total. The third-order valence-corrected chi connectivity index (χ3v) is 7.38. The van der Waals surface area contributed by atoms with Crippen LogP contribution >= 0.6 is 0 Å². The van der Waals surface area contributed by atoms with E-state index in [1.54, 1.807) is 7.11 Å². The van der Waals surface area contributed by atoms with Gasteiger partial charge in [-0.3, -0.25) is 14.4 Å². The zero-order valence-electron chi connectivity index (χ0n) is 25.4. The van der Waals surface area contributed by atoms with Gasteiger partial charge in [-0.2, -0.15) is 0 Å². The van der Waals surface area contributed by atoms with E-state index in [0.717, 1.165) is 28.7 Å². The number of hydrogen-bond acceptors (Lipinski definition) is 4. The van der Waals surface area contributed by atoms with Crippen molar-refractivity contribution in [2.24, 2.45) is 11.3 Å². The number of carboxylic acid groups (broad SMARTS) is 1. The van der Waals surface area contributed by atoms with Crippen LogP contribution in [0.2, 0.25) is 0 Å². The maximum atomic E-state index is 13.5. The monoisotopic (exact) mass is 572 g/mol. The van der Waals surface area contributed by atoms with Crippen LogP contribution in [-0.4, -0.2) is 42.6 Å². The van der Waals surface area contributed by atoms with Crippen LogP contribution in [0.4, 0.5) is 0 Å². The van der Waals surface area contributed by atoms with Gasteiger partial charge in [0.15, 0.2) is 0 Å². The lowest BCUT2D eigenvalue weighted by Crippen LogP contribution is -2.55. The van der Waals surface area contributed by atoms with Gasteiger partial charge in [-0.1, -0.05) is 105 Å². The minimum Gasteiger partial charge on any atom is -0.481 e. The molecule has 3 rings (SSSR count). The Hall–Kier alpha value is -3.97. The van der Waals surface area contributed by atoms with E-state index in [0.29, 0.717) is 12.8 Å². The fourth-order valence-corrected chi connectivity index (χ4v) is 5.04. The Balaban J connectivity index is 1.65. The van der Waals surface area contributed by atoms with Crippen LogP contribution in [0.3, 0.4) is 0 Å². The van der Waals surface area contributed by atoms with Crippen molar-refractivity contribution in [3.63, 3.8) is 0 Å². The number of aliphatic carboxylic acids is 1. The van der Waals surface area contributed by atoms with E-state index in [1.807, 2.05) is 57.2 Å². The molecule has 3 aromatic rings. The number of aryl methyl sites for hydroxylation is 2. The van der Waals surface area contributed by atoms with Gasteiger partial charge in [-0.25, -0.2) is 0 Å². The summed E-state index contributed by atoms with van der Waals surface area (Å²) in [6.07, 6.45) is 1.46. The smallest absolute Gasteiger partial charge is 0.304 e. The van der Waals surface area contributed by atoms with E-state index in [-0.39, 0.29) is 18.9 Å². The van der Waals surface area contributed by atoms with E-state index < -0.39 is 35.3 Å². The lowest BCUT2D eigenvalue weighted by molar-refractivity contribution is -0.142. The highest BCUT2D eigenvalue weighted by Crippen LogP contribution is 2.25. The van der Waals surface area contributed by atoms with Crippen molar-refractivity contribution in [3.05, 3.63) is 95.6 Å². The van der Waals surface area contributed by atoms with Gasteiger partial charge in [0.2, 0.25) is 11.8 Å². The number of carbonyl (C=O) groups excluding carboxylic acids is 2. The number of nitrogens with one attached hydrogen (secondary N) is 2. The third-order valence-electron chi connectivity index (χ3n) is 7.38. The molecule has 0 unspecified atom stereocenters. The summed E-state index contributed by atoms with van der Waals surface area (Å²) in [5, 5.41) is 15.4. The van der Waals surface area contributed by atoms with Crippen molar-refractivity contribution < 1.29 is 24.2 Å². The topological polar surface area (TPSA) is 105 Å². The van der Waals surface area contributed by atoms with E-state index >= 15 is 0 Å². The Labute approximate surface area is 249 Å². The predicted molar refractivity (Wildman–Crippen MR) is 166 cm³/mol. The van der Waals surface area contributed by atoms with E-state index in [2.05, 4.69) is 60.0 Å². The molecule has 2 amide bonds. The van der Waals surface area contributed by atoms with Crippen LogP contribution in [0.15, 0.2) is 78.9 Å². The van der Waals surface area contributed by atoms with Gasteiger partial charge in [0.1, 0.15) is 6.04 Å². The SMILES string of the molecule is COC[C@@H](NC(=O)[C@@H](NC(=O)[C@H](CCCc1ccc(-c2cccc(C)c2)cc1)CC(=O)O)C(C)(C)C)c1ccccc1. The van der Waals surface area contributed by atoms with Crippen LogP contribution < -0.4 is 10.6 Å². The second-order valence-electron chi connectivity index (χ2n) is 12.0. The van der Waals surface area contributed by atoms with Crippen molar-refractivity contribution in [3.8, 4) is 11.1 Å². The van der Waals surface area contributed by atoms with Crippen LogP contribution in [0, 0.1) is 18.3 Å². The molecule has 224 valence electrons. The van der Waals surface area contributed by atoms with E-state index in [9.17, 15) is 19.5 Å². The first kappa shape index (κ1) is 32.5. The minimum absolute atomic E-state index is 0.272. The summed E-state index contributed by atoms with van der Waals surface area (Å²) in [5.74, 6) is -2.57. The number of benzene rings is 3. The summed E-state index contributed by atoms with van der Waals surface area (Å²) in [6, 6.07) is 24.9. The number of ether oxygens (including phenoxy) is 1. The molecule has 0 aliphatic rings. The molecule has 0 aliphatic heterocycles. The molecule has 0 saturated carbocycles. The Morgan fingerprint density at radius 2 is 1.55 bits per heavy atom. The molecule has 0 spiro atoms. The summed E-state index contributed by atoms with van der Waals surface area (Å²) < 4.78 is 5.33. The summed E-state index contributed by atoms with van der Waals surface area (Å²) in [4.78, 5) is 38.6. The highest BCUT2D eigenvalue weighted by atomic mass is 16.5. The molecule has 3 aromatic carbocycles.